The first-order chi connectivity index (χ1) is 9.86. The van der Waals surface area contributed by atoms with E-state index >= 15 is 0 Å². The molecule has 2 aromatic rings. The van der Waals surface area contributed by atoms with Crippen molar-refractivity contribution >= 4 is 11.7 Å². The first-order valence-electron chi connectivity index (χ1n) is 6.87. The van der Waals surface area contributed by atoms with E-state index in [1.54, 1.807) is 28.9 Å². The number of aryl methyl sites for hydroxylation is 1. The second-order valence-electron chi connectivity index (χ2n) is 5.54. The topological polar surface area (TPSA) is 77.0 Å². The maximum absolute atomic E-state index is 12.5. The van der Waals surface area contributed by atoms with E-state index in [4.69, 9.17) is 5.73 Å². The van der Waals surface area contributed by atoms with E-state index in [0.29, 0.717) is 17.9 Å². The van der Waals surface area contributed by atoms with Crippen LogP contribution in [0.5, 0.6) is 0 Å². The summed E-state index contributed by atoms with van der Waals surface area (Å²) >= 11 is 0. The predicted molar refractivity (Wildman–Crippen MR) is 81.7 cm³/mol. The lowest BCUT2D eigenvalue weighted by Gasteiger charge is -2.17. The Labute approximate surface area is 124 Å². The van der Waals surface area contributed by atoms with E-state index in [0.717, 1.165) is 11.3 Å². The van der Waals surface area contributed by atoms with Crippen molar-refractivity contribution in [2.24, 2.45) is 7.05 Å². The third-order valence-corrected chi connectivity index (χ3v) is 3.23. The minimum absolute atomic E-state index is 0.0742. The van der Waals surface area contributed by atoms with Gasteiger partial charge in [0, 0.05) is 43.7 Å². The van der Waals surface area contributed by atoms with E-state index in [9.17, 15) is 4.79 Å². The smallest absolute Gasteiger partial charge is 0.254 e. The molecule has 0 unspecified atom stereocenters. The summed E-state index contributed by atoms with van der Waals surface area (Å²) < 4.78 is 1.72. The van der Waals surface area contributed by atoms with E-state index in [2.05, 4.69) is 10.1 Å². The van der Waals surface area contributed by atoms with Crippen molar-refractivity contribution in [3.05, 3.63) is 41.3 Å². The fraction of sp³-hybridized carbons (Fsp3) is 0.400. The number of rotatable bonds is 4. The van der Waals surface area contributed by atoms with Gasteiger partial charge in [0.05, 0.1) is 6.20 Å². The Hall–Kier alpha value is -2.37. The zero-order valence-electron chi connectivity index (χ0n) is 12.9. The van der Waals surface area contributed by atoms with Crippen LogP contribution in [-0.2, 0) is 13.6 Å². The van der Waals surface area contributed by atoms with Crippen LogP contribution in [-0.4, -0.2) is 32.6 Å². The third kappa shape index (κ3) is 3.59. The molecule has 0 aliphatic carbocycles. The largest absolute Gasteiger partial charge is 0.384 e. The van der Waals surface area contributed by atoms with Gasteiger partial charge in [-0.05, 0) is 18.1 Å². The number of pyridine rings is 1. The molecule has 2 heterocycles. The van der Waals surface area contributed by atoms with Gasteiger partial charge < -0.3 is 10.6 Å². The molecule has 6 nitrogen and oxygen atoms in total. The van der Waals surface area contributed by atoms with Gasteiger partial charge in [-0.1, -0.05) is 13.8 Å². The minimum atomic E-state index is -0.0742. The van der Waals surface area contributed by atoms with Crippen molar-refractivity contribution in [2.75, 3.05) is 12.8 Å². The fourth-order valence-electron chi connectivity index (χ4n) is 2.11. The Kier molecular flexibility index (Phi) is 4.26. The quantitative estimate of drug-likeness (QED) is 0.930. The number of carbonyl (C=O) groups excluding carboxylic acids is 1. The molecule has 0 saturated heterocycles. The molecule has 0 aliphatic rings. The van der Waals surface area contributed by atoms with Crippen molar-refractivity contribution in [1.82, 2.24) is 19.7 Å². The Morgan fingerprint density at radius 1 is 1.43 bits per heavy atom. The molecule has 2 N–H and O–H groups in total. The van der Waals surface area contributed by atoms with Crippen molar-refractivity contribution in [1.29, 1.82) is 0 Å². The zero-order valence-corrected chi connectivity index (χ0v) is 12.9. The van der Waals surface area contributed by atoms with Gasteiger partial charge in [-0.25, -0.2) is 4.98 Å². The molecule has 6 heteroatoms. The lowest BCUT2D eigenvalue weighted by atomic mass is 10.1. The normalized spacial score (nSPS) is 10.9. The fourth-order valence-corrected chi connectivity index (χ4v) is 2.11. The number of carbonyl (C=O) groups is 1. The number of nitrogen functional groups attached to an aromatic ring is 1. The second kappa shape index (κ2) is 5.95. The molecule has 0 fully saturated rings. The summed E-state index contributed by atoms with van der Waals surface area (Å²) in [5.74, 6) is 0.526. The lowest BCUT2D eigenvalue weighted by Crippen LogP contribution is -2.26. The van der Waals surface area contributed by atoms with E-state index in [-0.39, 0.29) is 11.8 Å². The first-order valence-corrected chi connectivity index (χ1v) is 6.87. The average Bonchev–Trinajstić information content (AvgIpc) is 2.82. The van der Waals surface area contributed by atoms with Gasteiger partial charge in [0.25, 0.3) is 5.91 Å². The van der Waals surface area contributed by atoms with Crippen LogP contribution in [0.3, 0.4) is 0 Å². The number of amides is 1. The summed E-state index contributed by atoms with van der Waals surface area (Å²) in [4.78, 5) is 18.4. The van der Waals surface area contributed by atoms with Gasteiger partial charge >= 0.3 is 0 Å². The highest BCUT2D eigenvalue weighted by atomic mass is 16.2. The Morgan fingerprint density at radius 3 is 2.71 bits per heavy atom. The molecule has 2 aromatic heterocycles. The van der Waals surface area contributed by atoms with Crippen molar-refractivity contribution in [2.45, 2.75) is 26.3 Å². The molecule has 0 saturated carbocycles. The summed E-state index contributed by atoms with van der Waals surface area (Å²) in [6, 6.07) is 3.43. The number of aromatic nitrogens is 3. The second-order valence-corrected chi connectivity index (χ2v) is 5.54. The molecule has 2 rings (SSSR count). The molecule has 0 spiro atoms. The van der Waals surface area contributed by atoms with Gasteiger partial charge in [-0.2, -0.15) is 5.10 Å². The minimum Gasteiger partial charge on any atom is -0.384 e. The van der Waals surface area contributed by atoms with E-state index < -0.39 is 0 Å². The molecular formula is C15H21N5O. The van der Waals surface area contributed by atoms with Crippen LogP contribution in [0, 0.1) is 0 Å². The average molecular weight is 287 g/mol. The Balaban J connectivity index is 2.19. The highest BCUT2D eigenvalue weighted by Crippen LogP contribution is 2.17. The molecule has 0 atom stereocenters. The van der Waals surface area contributed by atoms with Crippen LogP contribution in [0.15, 0.2) is 24.5 Å². The highest BCUT2D eigenvalue weighted by molar-refractivity contribution is 5.94. The van der Waals surface area contributed by atoms with Crippen molar-refractivity contribution < 1.29 is 4.79 Å². The maximum atomic E-state index is 12.5. The molecule has 0 radical (unpaired) electrons. The van der Waals surface area contributed by atoms with Crippen molar-refractivity contribution in [3.63, 3.8) is 0 Å². The van der Waals surface area contributed by atoms with Crippen LogP contribution in [0.1, 0.15) is 41.4 Å². The predicted octanol–water partition coefficient (Wildman–Crippen LogP) is 1.79. The van der Waals surface area contributed by atoms with Gasteiger partial charge in [-0.15, -0.1) is 0 Å². The van der Waals surface area contributed by atoms with Gasteiger partial charge in [0.2, 0.25) is 0 Å². The van der Waals surface area contributed by atoms with Crippen LogP contribution in [0.4, 0.5) is 5.82 Å². The van der Waals surface area contributed by atoms with Crippen LogP contribution < -0.4 is 5.73 Å². The summed E-state index contributed by atoms with van der Waals surface area (Å²) in [5, 5.41) is 4.10. The number of hydrogen-bond donors (Lipinski definition) is 1. The van der Waals surface area contributed by atoms with Gasteiger partial charge in [0.1, 0.15) is 5.82 Å². The molecular weight excluding hydrogens is 266 g/mol. The van der Waals surface area contributed by atoms with Gasteiger partial charge in [-0.3, -0.25) is 9.48 Å². The van der Waals surface area contributed by atoms with E-state index in [1.807, 2.05) is 33.2 Å². The van der Waals surface area contributed by atoms with Gasteiger partial charge in [0.15, 0.2) is 0 Å². The number of nitrogens with zero attached hydrogens (tertiary/aromatic N) is 4. The van der Waals surface area contributed by atoms with Crippen molar-refractivity contribution in [3.8, 4) is 0 Å². The SMILES string of the molecule is CC(C)c1cc(C(=O)N(C)Cc2cnn(C)c2)cc(N)n1. The Bertz CT molecular complexity index is 647. The van der Waals surface area contributed by atoms with Crippen LogP contribution in [0.2, 0.25) is 0 Å². The number of hydrogen-bond acceptors (Lipinski definition) is 4. The summed E-state index contributed by atoms with van der Waals surface area (Å²) in [6.45, 7) is 4.55. The van der Waals surface area contributed by atoms with E-state index in [1.165, 1.54) is 0 Å². The Morgan fingerprint density at radius 2 is 2.14 bits per heavy atom. The highest BCUT2D eigenvalue weighted by Gasteiger charge is 2.15. The molecule has 0 bridgehead atoms. The number of nitrogens with two attached hydrogens (primary N) is 1. The van der Waals surface area contributed by atoms with Crippen LogP contribution in [0.25, 0.3) is 0 Å². The standard InChI is InChI=1S/C15H21N5O/c1-10(2)13-5-12(6-14(16)18-13)15(21)19(3)8-11-7-17-20(4)9-11/h5-7,9-10H,8H2,1-4H3,(H2,16,18). The molecule has 0 aromatic carbocycles. The van der Waals surface area contributed by atoms with Crippen LogP contribution >= 0.6 is 0 Å². The molecule has 1 amide bonds. The number of anilines is 1. The first kappa shape index (κ1) is 15.0. The summed E-state index contributed by atoms with van der Waals surface area (Å²) in [5.41, 5.74) is 8.18. The summed E-state index contributed by atoms with van der Waals surface area (Å²) in [7, 11) is 3.62. The molecule has 0 aliphatic heterocycles. The monoisotopic (exact) mass is 287 g/mol. The molecule has 112 valence electrons. The lowest BCUT2D eigenvalue weighted by molar-refractivity contribution is 0.0785. The maximum Gasteiger partial charge on any atom is 0.254 e. The zero-order chi connectivity index (χ0) is 15.6. The third-order valence-electron chi connectivity index (χ3n) is 3.23. The molecule has 21 heavy (non-hydrogen) atoms. The summed E-state index contributed by atoms with van der Waals surface area (Å²) in [6.07, 6.45) is 3.65.